The van der Waals surface area contributed by atoms with Crippen molar-refractivity contribution in [3.8, 4) is 5.75 Å². The lowest BCUT2D eigenvalue weighted by molar-refractivity contribution is -0.122. The number of anilines is 1. The highest BCUT2D eigenvalue weighted by molar-refractivity contribution is 6.33. The van der Waals surface area contributed by atoms with Gasteiger partial charge in [0.05, 0.1) is 10.7 Å². The average Bonchev–Trinajstić information content (AvgIpc) is 2.47. The molecule has 5 heteroatoms. The van der Waals surface area contributed by atoms with Crippen molar-refractivity contribution in [2.75, 3.05) is 5.32 Å². The highest BCUT2D eigenvalue weighted by Crippen LogP contribution is 2.22. The van der Waals surface area contributed by atoms with Gasteiger partial charge in [0.1, 0.15) is 5.75 Å². The Morgan fingerprint density at radius 3 is 2.62 bits per heavy atom. The van der Waals surface area contributed by atoms with Crippen LogP contribution in [0.1, 0.15) is 13.3 Å². The highest BCUT2D eigenvalue weighted by Gasteiger charge is 2.19. The van der Waals surface area contributed by atoms with E-state index in [1.54, 1.807) is 48.5 Å². The van der Waals surface area contributed by atoms with Crippen LogP contribution in [0.15, 0.2) is 48.5 Å². The van der Waals surface area contributed by atoms with Gasteiger partial charge >= 0.3 is 0 Å². The van der Waals surface area contributed by atoms with Gasteiger partial charge in [0.15, 0.2) is 6.10 Å². The van der Waals surface area contributed by atoms with Gasteiger partial charge in [-0.3, -0.25) is 4.79 Å². The predicted molar refractivity (Wildman–Crippen MR) is 86.2 cm³/mol. The van der Waals surface area contributed by atoms with Crippen molar-refractivity contribution in [1.82, 2.24) is 0 Å². The molecule has 0 radical (unpaired) electrons. The third kappa shape index (κ3) is 4.38. The van der Waals surface area contributed by atoms with Crippen molar-refractivity contribution in [3.63, 3.8) is 0 Å². The standard InChI is InChI=1S/C16H15Cl2NO2/c1-2-15(21-12-7-5-6-11(17)10-12)16(20)19-14-9-4-3-8-13(14)18/h3-10,15H,2H2,1H3,(H,19,20)/t15-/m0/s1. The number of ether oxygens (including phenoxy) is 1. The van der Waals surface area contributed by atoms with Gasteiger partial charge in [-0.25, -0.2) is 0 Å². The van der Waals surface area contributed by atoms with Gasteiger partial charge in [-0.15, -0.1) is 0 Å². The minimum atomic E-state index is -0.611. The number of nitrogens with one attached hydrogen (secondary N) is 1. The summed E-state index contributed by atoms with van der Waals surface area (Å²) in [5.41, 5.74) is 0.567. The third-order valence-electron chi connectivity index (χ3n) is 2.87. The van der Waals surface area contributed by atoms with E-state index in [0.29, 0.717) is 27.9 Å². The largest absolute Gasteiger partial charge is 0.481 e. The smallest absolute Gasteiger partial charge is 0.265 e. The first-order valence-corrected chi connectivity index (χ1v) is 7.33. The second-order valence-corrected chi connectivity index (χ2v) is 5.28. The van der Waals surface area contributed by atoms with Crippen molar-refractivity contribution in [3.05, 3.63) is 58.6 Å². The van der Waals surface area contributed by atoms with E-state index in [9.17, 15) is 4.79 Å². The summed E-state index contributed by atoms with van der Waals surface area (Å²) in [7, 11) is 0. The van der Waals surface area contributed by atoms with E-state index in [1.807, 2.05) is 6.92 Å². The molecule has 0 aliphatic carbocycles. The molecule has 0 spiro atoms. The van der Waals surface area contributed by atoms with Crippen molar-refractivity contribution < 1.29 is 9.53 Å². The predicted octanol–water partition coefficient (Wildman–Crippen LogP) is 4.79. The Morgan fingerprint density at radius 2 is 1.95 bits per heavy atom. The molecule has 0 unspecified atom stereocenters. The van der Waals surface area contributed by atoms with Gasteiger partial charge in [0.2, 0.25) is 0 Å². The Kier molecular flexibility index (Phi) is 5.48. The number of hydrogen-bond donors (Lipinski definition) is 1. The summed E-state index contributed by atoms with van der Waals surface area (Å²) in [5, 5.41) is 3.82. The van der Waals surface area contributed by atoms with Crippen LogP contribution in [0.5, 0.6) is 5.75 Å². The molecule has 0 aromatic heterocycles. The highest BCUT2D eigenvalue weighted by atomic mass is 35.5. The van der Waals surface area contributed by atoms with E-state index in [1.165, 1.54) is 0 Å². The molecule has 110 valence electrons. The lowest BCUT2D eigenvalue weighted by atomic mass is 10.2. The van der Waals surface area contributed by atoms with E-state index in [-0.39, 0.29) is 5.91 Å². The van der Waals surface area contributed by atoms with E-state index in [4.69, 9.17) is 27.9 Å². The van der Waals surface area contributed by atoms with E-state index < -0.39 is 6.10 Å². The van der Waals surface area contributed by atoms with Crippen molar-refractivity contribution in [2.24, 2.45) is 0 Å². The molecule has 2 rings (SSSR count). The molecular formula is C16H15Cl2NO2. The Bertz CT molecular complexity index is 631. The summed E-state index contributed by atoms with van der Waals surface area (Å²) in [6.45, 7) is 1.88. The van der Waals surface area contributed by atoms with Crippen molar-refractivity contribution in [2.45, 2.75) is 19.4 Å². The van der Waals surface area contributed by atoms with Crippen LogP contribution < -0.4 is 10.1 Å². The monoisotopic (exact) mass is 323 g/mol. The molecule has 1 N–H and O–H groups in total. The summed E-state index contributed by atoms with van der Waals surface area (Å²) in [4.78, 5) is 12.3. The number of halogens is 2. The summed E-state index contributed by atoms with van der Waals surface area (Å²) in [6, 6.07) is 14.0. The molecule has 0 saturated heterocycles. The van der Waals surface area contributed by atoms with Crippen LogP contribution in [-0.2, 0) is 4.79 Å². The minimum absolute atomic E-state index is 0.245. The second kappa shape index (κ2) is 7.34. The van der Waals surface area contributed by atoms with Crippen molar-refractivity contribution >= 4 is 34.8 Å². The van der Waals surface area contributed by atoms with Gasteiger partial charge in [0.25, 0.3) is 5.91 Å². The van der Waals surface area contributed by atoms with Gasteiger partial charge in [-0.2, -0.15) is 0 Å². The molecule has 2 aromatic carbocycles. The number of rotatable bonds is 5. The fourth-order valence-corrected chi connectivity index (χ4v) is 2.17. The summed E-state index contributed by atoms with van der Waals surface area (Å²) < 4.78 is 5.68. The lowest BCUT2D eigenvalue weighted by Crippen LogP contribution is -2.32. The van der Waals surface area contributed by atoms with Gasteiger partial charge in [-0.1, -0.05) is 48.3 Å². The molecule has 0 aliphatic heterocycles. The number of hydrogen-bond acceptors (Lipinski definition) is 2. The molecule has 0 aliphatic rings. The first-order valence-electron chi connectivity index (χ1n) is 6.57. The molecule has 0 heterocycles. The quantitative estimate of drug-likeness (QED) is 0.859. The molecule has 2 aromatic rings. The fourth-order valence-electron chi connectivity index (χ4n) is 1.80. The van der Waals surface area contributed by atoms with Crippen LogP contribution in [0.25, 0.3) is 0 Å². The van der Waals surface area contributed by atoms with E-state index in [2.05, 4.69) is 5.32 Å². The zero-order valence-corrected chi connectivity index (χ0v) is 13.0. The number of carbonyl (C=O) groups is 1. The summed E-state index contributed by atoms with van der Waals surface area (Å²) in [5.74, 6) is 0.314. The number of amides is 1. The maximum absolute atomic E-state index is 12.3. The molecular weight excluding hydrogens is 309 g/mol. The summed E-state index contributed by atoms with van der Waals surface area (Å²) >= 11 is 11.9. The molecule has 0 saturated carbocycles. The normalized spacial score (nSPS) is 11.8. The Balaban J connectivity index is 2.07. The minimum Gasteiger partial charge on any atom is -0.481 e. The molecule has 3 nitrogen and oxygen atoms in total. The Hall–Kier alpha value is -1.71. The SMILES string of the molecule is CC[C@H](Oc1cccc(Cl)c1)C(=O)Nc1ccccc1Cl. The maximum Gasteiger partial charge on any atom is 0.265 e. The number of benzene rings is 2. The zero-order valence-electron chi connectivity index (χ0n) is 11.5. The van der Waals surface area contributed by atoms with Gasteiger partial charge < -0.3 is 10.1 Å². The molecule has 1 atom stereocenters. The summed E-state index contributed by atoms with van der Waals surface area (Å²) in [6.07, 6.45) is -0.0808. The second-order valence-electron chi connectivity index (χ2n) is 4.44. The molecule has 0 bridgehead atoms. The first-order chi connectivity index (χ1) is 10.1. The number of para-hydroxylation sites is 1. The van der Waals surface area contributed by atoms with Gasteiger partial charge in [0, 0.05) is 5.02 Å². The Morgan fingerprint density at radius 1 is 1.19 bits per heavy atom. The first kappa shape index (κ1) is 15.7. The Labute approximate surface area is 133 Å². The third-order valence-corrected chi connectivity index (χ3v) is 3.43. The lowest BCUT2D eigenvalue weighted by Gasteiger charge is -2.17. The van der Waals surface area contributed by atoms with Crippen LogP contribution in [-0.4, -0.2) is 12.0 Å². The van der Waals surface area contributed by atoms with Crippen LogP contribution >= 0.6 is 23.2 Å². The zero-order chi connectivity index (χ0) is 15.2. The van der Waals surface area contributed by atoms with Gasteiger partial charge in [-0.05, 0) is 36.8 Å². The van der Waals surface area contributed by atoms with E-state index >= 15 is 0 Å². The van der Waals surface area contributed by atoms with Crippen molar-refractivity contribution in [1.29, 1.82) is 0 Å². The fraction of sp³-hybridized carbons (Fsp3) is 0.188. The molecule has 0 fully saturated rings. The van der Waals surface area contributed by atoms with E-state index in [0.717, 1.165) is 0 Å². The molecule has 21 heavy (non-hydrogen) atoms. The van der Waals surface area contributed by atoms with Crippen LogP contribution in [0.3, 0.4) is 0 Å². The number of carbonyl (C=O) groups excluding carboxylic acids is 1. The van der Waals surface area contributed by atoms with Crippen LogP contribution in [0.4, 0.5) is 5.69 Å². The van der Waals surface area contributed by atoms with Crippen LogP contribution in [0, 0.1) is 0 Å². The molecule has 1 amide bonds. The van der Waals surface area contributed by atoms with Crippen LogP contribution in [0.2, 0.25) is 10.0 Å². The maximum atomic E-state index is 12.3. The topological polar surface area (TPSA) is 38.3 Å². The average molecular weight is 324 g/mol.